The van der Waals surface area contributed by atoms with Gasteiger partial charge in [0.05, 0.1) is 16.3 Å². The average Bonchev–Trinajstić information content (AvgIpc) is 2.31. The first-order valence-electron chi connectivity index (χ1n) is 5.93. The topological polar surface area (TPSA) is 75.4 Å². The Balaban J connectivity index is 3.33. The number of anilines is 2. The van der Waals surface area contributed by atoms with Crippen molar-refractivity contribution in [1.29, 1.82) is 0 Å². The molecule has 0 unspecified atom stereocenters. The number of nitrogens with two attached hydrogens (primary N) is 1. The van der Waals surface area contributed by atoms with Crippen LogP contribution in [0.5, 0.6) is 0 Å². The van der Waals surface area contributed by atoms with Gasteiger partial charge in [0, 0.05) is 12.6 Å². The summed E-state index contributed by atoms with van der Waals surface area (Å²) in [5, 5.41) is 0. The smallest absolute Gasteiger partial charge is 0.240 e. The molecule has 0 bridgehead atoms. The lowest BCUT2D eigenvalue weighted by atomic mass is 10.2. The fourth-order valence-corrected chi connectivity index (χ4v) is 2.62. The zero-order valence-corrected chi connectivity index (χ0v) is 12.1. The van der Waals surface area contributed by atoms with E-state index in [-0.39, 0.29) is 10.9 Å². The summed E-state index contributed by atoms with van der Waals surface area (Å²) in [6.07, 6.45) is 0. The van der Waals surface area contributed by atoms with Gasteiger partial charge in [-0.05, 0) is 46.0 Å². The zero-order valence-electron chi connectivity index (χ0n) is 11.3. The van der Waals surface area contributed by atoms with Crippen LogP contribution in [0.25, 0.3) is 0 Å². The van der Waals surface area contributed by atoms with Gasteiger partial charge in [0.15, 0.2) is 0 Å². The molecule has 0 aliphatic carbocycles. The van der Waals surface area contributed by atoms with E-state index in [1.807, 2.05) is 20.8 Å². The number of hydrogen-bond acceptors (Lipinski definition) is 4. The first kappa shape index (κ1) is 14.8. The van der Waals surface area contributed by atoms with Crippen molar-refractivity contribution in [3.63, 3.8) is 0 Å². The summed E-state index contributed by atoms with van der Waals surface area (Å²) in [6.45, 7) is 6.87. The quantitative estimate of drug-likeness (QED) is 0.794. The van der Waals surface area contributed by atoms with Crippen LogP contribution in [0.15, 0.2) is 23.1 Å². The molecule has 6 heteroatoms. The van der Waals surface area contributed by atoms with Crippen LogP contribution >= 0.6 is 0 Å². The van der Waals surface area contributed by atoms with E-state index in [0.717, 1.165) is 12.2 Å². The van der Waals surface area contributed by atoms with Gasteiger partial charge in [0.25, 0.3) is 0 Å². The van der Waals surface area contributed by atoms with Crippen molar-refractivity contribution in [1.82, 2.24) is 4.72 Å². The molecule has 0 saturated carbocycles. The molecule has 5 nitrogen and oxygen atoms in total. The molecule has 0 fully saturated rings. The van der Waals surface area contributed by atoms with E-state index in [1.54, 1.807) is 12.1 Å². The molecule has 102 valence electrons. The highest BCUT2D eigenvalue weighted by atomic mass is 32.2. The Hall–Kier alpha value is -1.27. The molecular weight excluding hydrogens is 250 g/mol. The van der Waals surface area contributed by atoms with E-state index in [1.165, 1.54) is 13.1 Å². The van der Waals surface area contributed by atoms with Gasteiger partial charge in [-0.25, -0.2) is 13.1 Å². The minimum Gasteiger partial charge on any atom is -0.397 e. The molecule has 0 saturated heterocycles. The van der Waals surface area contributed by atoms with E-state index < -0.39 is 10.0 Å². The summed E-state index contributed by atoms with van der Waals surface area (Å²) < 4.78 is 25.9. The fourth-order valence-electron chi connectivity index (χ4n) is 1.87. The first-order chi connectivity index (χ1) is 8.33. The van der Waals surface area contributed by atoms with E-state index in [0.29, 0.717) is 5.69 Å². The predicted molar refractivity (Wildman–Crippen MR) is 75.3 cm³/mol. The molecule has 1 aromatic carbocycles. The number of benzene rings is 1. The maximum Gasteiger partial charge on any atom is 0.240 e. The average molecular weight is 271 g/mol. The second-order valence-corrected chi connectivity index (χ2v) is 6.19. The summed E-state index contributed by atoms with van der Waals surface area (Å²) in [6, 6.07) is 5.01. The molecule has 0 radical (unpaired) electrons. The Morgan fingerprint density at radius 1 is 1.39 bits per heavy atom. The fraction of sp³-hybridized carbons (Fsp3) is 0.500. The van der Waals surface area contributed by atoms with Crippen LogP contribution in [0.3, 0.4) is 0 Å². The molecule has 18 heavy (non-hydrogen) atoms. The minimum atomic E-state index is -3.44. The van der Waals surface area contributed by atoms with Crippen LogP contribution in [-0.4, -0.2) is 28.1 Å². The predicted octanol–water partition coefficient (Wildman–Crippen LogP) is 1.41. The maximum absolute atomic E-state index is 11.8. The van der Waals surface area contributed by atoms with Gasteiger partial charge >= 0.3 is 0 Å². The Kier molecular flexibility index (Phi) is 4.59. The van der Waals surface area contributed by atoms with E-state index >= 15 is 0 Å². The Bertz CT molecular complexity index is 512. The molecule has 1 rings (SSSR count). The summed E-state index contributed by atoms with van der Waals surface area (Å²) >= 11 is 0. The van der Waals surface area contributed by atoms with Gasteiger partial charge in [-0.1, -0.05) is 0 Å². The molecule has 3 N–H and O–H groups in total. The van der Waals surface area contributed by atoms with Crippen molar-refractivity contribution in [2.45, 2.75) is 31.7 Å². The van der Waals surface area contributed by atoms with Crippen LogP contribution in [-0.2, 0) is 10.0 Å². The van der Waals surface area contributed by atoms with Gasteiger partial charge in [0.1, 0.15) is 0 Å². The summed E-state index contributed by atoms with van der Waals surface area (Å²) in [7, 11) is -2.04. The lowest BCUT2D eigenvalue weighted by molar-refractivity contribution is 0.588. The number of hydrogen-bond donors (Lipinski definition) is 2. The van der Waals surface area contributed by atoms with E-state index in [4.69, 9.17) is 5.73 Å². The Morgan fingerprint density at radius 3 is 2.44 bits per heavy atom. The third kappa shape index (κ3) is 2.94. The standard InChI is InChI=1S/C12H21N3O2S/c1-5-15(9(2)3)12-8-10(6-7-11(12)13)18(16,17)14-4/h6-9,14H,5,13H2,1-4H3. The Labute approximate surface area is 109 Å². The van der Waals surface area contributed by atoms with E-state index in [2.05, 4.69) is 9.62 Å². The summed E-state index contributed by atoms with van der Waals surface area (Å²) in [4.78, 5) is 2.29. The molecule has 1 aromatic rings. The summed E-state index contributed by atoms with van der Waals surface area (Å²) in [5.74, 6) is 0. The van der Waals surface area contributed by atoms with Gasteiger partial charge in [-0.15, -0.1) is 0 Å². The molecule has 0 spiro atoms. The number of nitrogens with one attached hydrogen (secondary N) is 1. The third-order valence-electron chi connectivity index (χ3n) is 2.85. The van der Waals surface area contributed by atoms with Crippen molar-refractivity contribution in [3.05, 3.63) is 18.2 Å². The highest BCUT2D eigenvalue weighted by molar-refractivity contribution is 7.89. The number of sulfonamides is 1. The van der Waals surface area contributed by atoms with Crippen molar-refractivity contribution < 1.29 is 8.42 Å². The molecule has 0 amide bonds. The largest absolute Gasteiger partial charge is 0.397 e. The maximum atomic E-state index is 11.8. The van der Waals surface area contributed by atoms with Gasteiger partial charge < -0.3 is 10.6 Å². The highest BCUT2D eigenvalue weighted by Gasteiger charge is 2.17. The van der Waals surface area contributed by atoms with Crippen LogP contribution in [0.1, 0.15) is 20.8 Å². The molecule has 0 aromatic heterocycles. The van der Waals surface area contributed by atoms with Gasteiger partial charge in [0.2, 0.25) is 10.0 Å². The van der Waals surface area contributed by atoms with Crippen LogP contribution in [0.4, 0.5) is 11.4 Å². The normalized spacial score (nSPS) is 11.8. The number of nitrogens with zero attached hydrogens (tertiary/aromatic N) is 1. The number of nitrogen functional groups attached to an aromatic ring is 1. The van der Waals surface area contributed by atoms with Crippen LogP contribution in [0.2, 0.25) is 0 Å². The summed E-state index contributed by atoms with van der Waals surface area (Å²) in [5.41, 5.74) is 7.27. The van der Waals surface area contributed by atoms with Crippen molar-refractivity contribution in [3.8, 4) is 0 Å². The SMILES string of the molecule is CCN(c1cc(S(=O)(=O)NC)ccc1N)C(C)C. The number of rotatable bonds is 5. The van der Waals surface area contributed by atoms with Gasteiger partial charge in [-0.2, -0.15) is 0 Å². The van der Waals surface area contributed by atoms with Crippen molar-refractivity contribution >= 4 is 21.4 Å². The molecule has 0 atom stereocenters. The highest BCUT2D eigenvalue weighted by Crippen LogP contribution is 2.27. The lowest BCUT2D eigenvalue weighted by Crippen LogP contribution is -2.31. The van der Waals surface area contributed by atoms with Crippen LogP contribution < -0.4 is 15.4 Å². The lowest BCUT2D eigenvalue weighted by Gasteiger charge is -2.29. The molecule has 0 aliphatic heterocycles. The van der Waals surface area contributed by atoms with Gasteiger partial charge in [-0.3, -0.25) is 0 Å². The molecular formula is C12H21N3O2S. The second kappa shape index (κ2) is 5.58. The third-order valence-corrected chi connectivity index (χ3v) is 4.27. The second-order valence-electron chi connectivity index (χ2n) is 4.31. The Morgan fingerprint density at radius 2 is 2.00 bits per heavy atom. The zero-order chi connectivity index (χ0) is 13.9. The van der Waals surface area contributed by atoms with Crippen molar-refractivity contribution in [2.24, 2.45) is 0 Å². The molecule has 0 heterocycles. The van der Waals surface area contributed by atoms with Crippen LogP contribution in [0, 0.1) is 0 Å². The monoisotopic (exact) mass is 271 g/mol. The molecule has 0 aliphatic rings. The van der Waals surface area contributed by atoms with E-state index in [9.17, 15) is 8.42 Å². The first-order valence-corrected chi connectivity index (χ1v) is 7.41. The minimum absolute atomic E-state index is 0.230. The van der Waals surface area contributed by atoms with Crippen molar-refractivity contribution in [2.75, 3.05) is 24.2 Å².